The summed E-state index contributed by atoms with van der Waals surface area (Å²) < 4.78 is 7.47. The van der Waals surface area contributed by atoms with E-state index in [0.717, 1.165) is 37.6 Å². The maximum absolute atomic E-state index is 13.2. The monoisotopic (exact) mass is 483 g/mol. The molecule has 2 aromatic rings. The van der Waals surface area contributed by atoms with Gasteiger partial charge in [0, 0.05) is 38.3 Å². The normalized spacial score (nSPS) is 18.4. The Hall–Kier alpha value is -2.87. The molecule has 172 valence electrons. The fourth-order valence-electron chi connectivity index (χ4n) is 4.12. The largest absolute Gasteiger partial charge is 0.467 e. The molecule has 0 saturated carbocycles. The number of carbonyl (C=O) groups excluding carboxylic acids is 1. The van der Waals surface area contributed by atoms with Gasteiger partial charge in [0.25, 0.3) is 11.5 Å². The van der Waals surface area contributed by atoms with Gasteiger partial charge in [-0.25, -0.2) is 0 Å². The quantitative estimate of drug-likeness (QED) is 0.474. The number of amides is 1. The third-order valence-corrected chi connectivity index (χ3v) is 7.39. The van der Waals surface area contributed by atoms with Gasteiger partial charge in [-0.1, -0.05) is 24.0 Å². The van der Waals surface area contributed by atoms with Gasteiger partial charge in [0.1, 0.15) is 27.5 Å². The summed E-state index contributed by atoms with van der Waals surface area (Å²) in [6.07, 6.45) is 3.35. The van der Waals surface area contributed by atoms with Crippen LogP contribution in [0.15, 0.2) is 32.5 Å². The van der Waals surface area contributed by atoms with Gasteiger partial charge in [0.2, 0.25) is 0 Å². The molecule has 33 heavy (non-hydrogen) atoms. The highest BCUT2D eigenvalue weighted by atomic mass is 32.2. The van der Waals surface area contributed by atoms with E-state index in [1.807, 2.05) is 6.92 Å². The van der Waals surface area contributed by atoms with Crippen LogP contribution in [0.1, 0.15) is 29.4 Å². The Morgan fingerprint density at radius 3 is 2.61 bits per heavy atom. The van der Waals surface area contributed by atoms with Crippen molar-refractivity contribution in [2.24, 2.45) is 0 Å². The number of likely N-dealkylation sites (N-methyl/N-ethyl adjacent to an activating group) is 1. The SMILES string of the molecule is CCn1c(N2CCN(C)CC2)c(/C=C2\SC(=S)N(Cc3ccco3)C2=O)c(C)c(C#N)c1=O. The van der Waals surface area contributed by atoms with Crippen molar-refractivity contribution in [2.45, 2.75) is 26.9 Å². The van der Waals surface area contributed by atoms with Gasteiger partial charge in [0.05, 0.1) is 17.7 Å². The van der Waals surface area contributed by atoms with Gasteiger partial charge in [-0.3, -0.25) is 19.1 Å². The number of thiocarbonyl (C=S) groups is 1. The molecule has 2 aromatic heterocycles. The molecule has 0 spiro atoms. The minimum absolute atomic E-state index is 0.104. The van der Waals surface area contributed by atoms with Crippen LogP contribution in [0.4, 0.5) is 5.82 Å². The van der Waals surface area contributed by atoms with Gasteiger partial charge in [-0.2, -0.15) is 5.26 Å². The number of hydrogen-bond acceptors (Lipinski definition) is 8. The predicted octanol–water partition coefficient (Wildman–Crippen LogP) is 2.79. The third-order valence-electron chi connectivity index (χ3n) is 6.01. The van der Waals surface area contributed by atoms with Gasteiger partial charge in [0.15, 0.2) is 0 Å². The molecule has 10 heteroatoms. The van der Waals surface area contributed by atoms with E-state index in [9.17, 15) is 14.9 Å². The molecule has 2 saturated heterocycles. The summed E-state index contributed by atoms with van der Waals surface area (Å²) in [5.74, 6) is 1.19. The van der Waals surface area contributed by atoms with Crippen molar-refractivity contribution in [3.63, 3.8) is 0 Å². The van der Waals surface area contributed by atoms with Crippen LogP contribution in [-0.2, 0) is 17.9 Å². The fraction of sp³-hybridized carbons (Fsp3) is 0.391. The number of rotatable bonds is 5. The van der Waals surface area contributed by atoms with Crippen molar-refractivity contribution in [3.05, 3.63) is 56.1 Å². The van der Waals surface area contributed by atoms with E-state index in [1.54, 1.807) is 36.0 Å². The van der Waals surface area contributed by atoms with Crippen molar-refractivity contribution in [3.8, 4) is 6.07 Å². The van der Waals surface area contributed by atoms with Gasteiger partial charge < -0.3 is 14.2 Å². The topological polar surface area (TPSA) is 85.7 Å². The number of hydrogen-bond donors (Lipinski definition) is 0. The lowest BCUT2D eigenvalue weighted by Gasteiger charge is -2.36. The average molecular weight is 484 g/mol. The molecule has 4 heterocycles. The standard InChI is InChI=1S/C23H25N5O3S2/c1-4-27-20(26-9-7-25(3)8-10-26)17(15(2)18(13-24)21(27)29)12-19-22(30)28(23(32)33-19)14-16-6-5-11-31-16/h5-6,11-12H,4,7-10,14H2,1-3H3/b19-12-. The number of pyridine rings is 1. The predicted molar refractivity (Wildman–Crippen MR) is 133 cm³/mol. The highest BCUT2D eigenvalue weighted by Gasteiger charge is 2.34. The molecule has 0 aromatic carbocycles. The summed E-state index contributed by atoms with van der Waals surface area (Å²) in [6, 6.07) is 5.64. The number of aromatic nitrogens is 1. The molecule has 0 aliphatic carbocycles. The molecule has 0 radical (unpaired) electrons. The third kappa shape index (κ3) is 4.36. The van der Waals surface area contributed by atoms with Crippen LogP contribution in [0.2, 0.25) is 0 Å². The first-order valence-corrected chi connectivity index (χ1v) is 12.0. The highest BCUT2D eigenvalue weighted by Crippen LogP contribution is 2.36. The fourth-order valence-corrected chi connectivity index (χ4v) is 5.36. The Balaban J connectivity index is 1.82. The Bertz CT molecular complexity index is 1220. The van der Waals surface area contributed by atoms with Crippen LogP contribution in [-0.4, -0.2) is 57.8 Å². The van der Waals surface area contributed by atoms with Crippen LogP contribution in [0, 0.1) is 18.3 Å². The Labute approximate surface area is 202 Å². The molecule has 1 amide bonds. The number of thioether (sulfide) groups is 1. The Morgan fingerprint density at radius 2 is 2.00 bits per heavy atom. The summed E-state index contributed by atoms with van der Waals surface area (Å²) in [4.78, 5) is 32.7. The van der Waals surface area contributed by atoms with Crippen molar-refractivity contribution < 1.29 is 9.21 Å². The molecule has 8 nitrogen and oxygen atoms in total. The zero-order chi connectivity index (χ0) is 23.7. The van der Waals surface area contributed by atoms with E-state index in [-0.39, 0.29) is 23.6 Å². The number of nitriles is 1. The van der Waals surface area contributed by atoms with E-state index in [1.165, 1.54) is 16.7 Å². The first-order valence-electron chi connectivity index (χ1n) is 10.7. The molecule has 2 fully saturated rings. The number of piperazine rings is 1. The molecular weight excluding hydrogens is 458 g/mol. The summed E-state index contributed by atoms with van der Waals surface area (Å²) in [5, 5.41) is 9.70. The first kappa shape index (κ1) is 23.3. The van der Waals surface area contributed by atoms with Crippen LogP contribution in [0.25, 0.3) is 6.08 Å². The second-order valence-corrected chi connectivity index (χ2v) is 9.71. The van der Waals surface area contributed by atoms with Crippen LogP contribution >= 0.6 is 24.0 Å². The molecule has 0 unspecified atom stereocenters. The number of anilines is 1. The minimum Gasteiger partial charge on any atom is -0.467 e. The second kappa shape index (κ2) is 9.55. The van der Waals surface area contributed by atoms with Crippen LogP contribution < -0.4 is 10.5 Å². The van der Waals surface area contributed by atoms with Crippen LogP contribution in [0.3, 0.4) is 0 Å². The molecule has 0 atom stereocenters. The summed E-state index contributed by atoms with van der Waals surface area (Å²) in [7, 11) is 2.07. The van der Waals surface area contributed by atoms with E-state index >= 15 is 0 Å². The summed E-state index contributed by atoms with van der Waals surface area (Å²) >= 11 is 6.69. The van der Waals surface area contributed by atoms with Crippen molar-refractivity contribution in [2.75, 3.05) is 38.1 Å². The second-order valence-electron chi connectivity index (χ2n) is 8.04. The van der Waals surface area contributed by atoms with Gasteiger partial charge >= 0.3 is 0 Å². The maximum atomic E-state index is 13.2. The molecule has 2 aliphatic heterocycles. The van der Waals surface area contributed by atoms with Crippen LogP contribution in [0.5, 0.6) is 0 Å². The minimum atomic E-state index is -0.297. The van der Waals surface area contributed by atoms with E-state index in [0.29, 0.717) is 27.1 Å². The van der Waals surface area contributed by atoms with E-state index in [4.69, 9.17) is 16.6 Å². The summed E-state index contributed by atoms with van der Waals surface area (Å²) in [5.41, 5.74) is 1.11. The smallest absolute Gasteiger partial charge is 0.270 e. The molecule has 0 bridgehead atoms. The first-order chi connectivity index (χ1) is 15.8. The van der Waals surface area contributed by atoms with Crippen molar-refractivity contribution >= 4 is 46.1 Å². The molecule has 0 N–H and O–H groups in total. The summed E-state index contributed by atoms with van der Waals surface area (Å²) in [6.45, 7) is 7.58. The zero-order valence-corrected chi connectivity index (χ0v) is 20.5. The lowest BCUT2D eigenvalue weighted by atomic mass is 10.0. The van der Waals surface area contributed by atoms with Gasteiger partial charge in [-0.15, -0.1) is 0 Å². The lowest BCUT2D eigenvalue weighted by Crippen LogP contribution is -2.47. The maximum Gasteiger partial charge on any atom is 0.270 e. The Kier molecular flexibility index (Phi) is 6.74. The van der Waals surface area contributed by atoms with Gasteiger partial charge in [-0.05, 0) is 44.7 Å². The van der Waals surface area contributed by atoms with Crippen molar-refractivity contribution in [1.82, 2.24) is 14.4 Å². The number of nitrogens with zero attached hydrogens (tertiary/aromatic N) is 5. The highest BCUT2D eigenvalue weighted by molar-refractivity contribution is 8.26. The molecule has 4 rings (SSSR count). The molecular formula is C23H25N5O3S2. The number of carbonyl (C=O) groups is 1. The van der Waals surface area contributed by atoms with Crippen molar-refractivity contribution in [1.29, 1.82) is 5.26 Å². The zero-order valence-electron chi connectivity index (χ0n) is 18.8. The van der Waals surface area contributed by atoms with E-state index in [2.05, 4.69) is 22.9 Å². The molecule has 2 aliphatic rings. The number of furan rings is 1. The average Bonchev–Trinajstić information content (AvgIpc) is 3.40. The Morgan fingerprint density at radius 1 is 1.27 bits per heavy atom. The lowest BCUT2D eigenvalue weighted by molar-refractivity contribution is -0.122. The van der Waals surface area contributed by atoms with E-state index < -0.39 is 0 Å².